The smallest absolute Gasteiger partial charge is 0.307 e. The monoisotopic (exact) mass is 399 g/mol. The molecule has 142 valence electrons. The summed E-state index contributed by atoms with van der Waals surface area (Å²) in [5.41, 5.74) is 0.674. The van der Waals surface area contributed by atoms with Crippen molar-refractivity contribution in [2.24, 2.45) is 10.1 Å². The number of nitrogens with zero attached hydrogens (tertiary/aromatic N) is 2. The fraction of sp³-hybridized carbons (Fsp3) is 0.438. The molecule has 26 heavy (non-hydrogen) atoms. The van der Waals surface area contributed by atoms with Gasteiger partial charge in [-0.1, -0.05) is 24.7 Å². The van der Waals surface area contributed by atoms with Crippen molar-refractivity contribution in [2.45, 2.75) is 44.0 Å². The minimum atomic E-state index is -3.84. The van der Waals surface area contributed by atoms with Gasteiger partial charge < -0.3 is 9.30 Å². The largest absolute Gasteiger partial charge is 0.469 e. The van der Waals surface area contributed by atoms with Gasteiger partial charge >= 0.3 is 5.97 Å². The van der Waals surface area contributed by atoms with Crippen LogP contribution in [0.2, 0.25) is 0 Å². The van der Waals surface area contributed by atoms with E-state index in [0.717, 1.165) is 12.8 Å². The lowest BCUT2D eigenvalue weighted by Gasteiger charge is -2.05. The number of hydrogen-bond acceptors (Lipinski definition) is 6. The first-order valence-corrected chi connectivity index (χ1v) is 10.4. The van der Waals surface area contributed by atoms with Crippen LogP contribution in [0.25, 0.3) is 10.2 Å². The second-order valence-electron chi connectivity index (χ2n) is 5.65. The molecule has 2 rings (SSSR count). The van der Waals surface area contributed by atoms with Crippen molar-refractivity contribution in [1.29, 1.82) is 0 Å². The third-order valence-electron chi connectivity index (χ3n) is 3.71. The van der Waals surface area contributed by atoms with E-state index in [9.17, 15) is 18.0 Å². The standard InChI is InChI=1S/C16H21N3O5S2/c1-3-4-5-14(20)18-16-19(9-8-15(21)24-2)12-7-6-11(26(17,22)23)10-13(12)25-16/h6-7,10H,3-5,8-9H2,1-2H3,(H2,17,22,23). The summed E-state index contributed by atoms with van der Waals surface area (Å²) in [4.78, 5) is 28.1. The molecule has 0 aliphatic rings. The molecule has 0 saturated heterocycles. The molecular formula is C16H21N3O5S2. The molecule has 0 fully saturated rings. The number of aromatic nitrogens is 1. The highest BCUT2D eigenvalue weighted by atomic mass is 32.2. The Morgan fingerprint density at radius 1 is 1.31 bits per heavy atom. The van der Waals surface area contributed by atoms with Gasteiger partial charge in [-0.2, -0.15) is 4.99 Å². The van der Waals surface area contributed by atoms with Crippen molar-refractivity contribution in [3.63, 3.8) is 0 Å². The maximum atomic E-state index is 12.0. The van der Waals surface area contributed by atoms with Crippen molar-refractivity contribution in [1.82, 2.24) is 4.57 Å². The molecule has 0 aliphatic carbocycles. The molecule has 0 saturated carbocycles. The number of nitrogens with two attached hydrogens (primary N) is 1. The average Bonchev–Trinajstić information content (AvgIpc) is 2.93. The van der Waals surface area contributed by atoms with Crippen LogP contribution in [0.4, 0.5) is 0 Å². The lowest BCUT2D eigenvalue weighted by Crippen LogP contribution is -2.19. The van der Waals surface area contributed by atoms with Crippen LogP contribution in [0.3, 0.4) is 0 Å². The van der Waals surface area contributed by atoms with E-state index in [1.54, 1.807) is 10.6 Å². The maximum absolute atomic E-state index is 12.0. The van der Waals surface area contributed by atoms with Gasteiger partial charge in [0.2, 0.25) is 15.9 Å². The second-order valence-corrected chi connectivity index (χ2v) is 8.22. The highest BCUT2D eigenvalue weighted by molar-refractivity contribution is 7.89. The Hall–Kier alpha value is -2.04. The van der Waals surface area contributed by atoms with E-state index in [-0.39, 0.29) is 29.7 Å². The van der Waals surface area contributed by atoms with E-state index in [1.807, 2.05) is 6.92 Å². The quantitative estimate of drug-likeness (QED) is 0.708. The molecular weight excluding hydrogens is 378 g/mol. The van der Waals surface area contributed by atoms with Crippen molar-refractivity contribution < 1.29 is 22.7 Å². The van der Waals surface area contributed by atoms with Crippen LogP contribution >= 0.6 is 11.3 Å². The normalized spacial score (nSPS) is 12.5. The van der Waals surface area contributed by atoms with Gasteiger partial charge in [0.25, 0.3) is 0 Å². The number of carbonyl (C=O) groups excluding carboxylic acids is 2. The lowest BCUT2D eigenvalue weighted by atomic mass is 10.2. The first-order chi connectivity index (χ1) is 12.3. The van der Waals surface area contributed by atoms with Crippen molar-refractivity contribution in [3.8, 4) is 0 Å². The molecule has 10 heteroatoms. The summed E-state index contributed by atoms with van der Waals surface area (Å²) in [6.45, 7) is 2.25. The zero-order chi connectivity index (χ0) is 19.3. The second kappa shape index (κ2) is 8.56. The number of ether oxygens (including phenoxy) is 1. The molecule has 0 bridgehead atoms. The van der Waals surface area contributed by atoms with Crippen LogP contribution in [0.1, 0.15) is 32.6 Å². The van der Waals surface area contributed by atoms with E-state index in [1.165, 1.54) is 30.6 Å². The van der Waals surface area contributed by atoms with Gasteiger partial charge in [0.1, 0.15) is 0 Å². The zero-order valence-corrected chi connectivity index (χ0v) is 16.2. The van der Waals surface area contributed by atoms with Crippen LogP contribution in [0, 0.1) is 0 Å². The molecule has 2 aromatic rings. The Balaban J connectivity index is 2.54. The molecule has 0 unspecified atom stereocenters. The minimum Gasteiger partial charge on any atom is -0.469 e. The molecule has 0 aliphatic heterocycles. The van der Waals surface area contributed by atoms with E-state index in [2.05, 4.69) is 9.73 Å². The number of benzene rings is 1. The van der Waals surface area contributed by atoms with Gasteiger partial charge in [0.05, 0.1) is 28.6 Å². The number of hydrogen-bond donors (Lipinski definition) is 1. The number of rotatable bonds is 7. The molecule has 1 amide bonds. The van der Waals surface area contributed by atoms with E-state index in [0.29, 0.717) is 21.4 Å². The summed E-state index contributed by atoms with van der Waals surface area (Å²) >= 11 is 1.18. The highest BCUT2D eigenvalue weighted by Crippen LogP contribution is 2.21. The molecule has 1 aromatic carbocycles. The van der Waals surface area contributed by atoms with Gasteiger partial charge in [0.15, 0.2) is 4.80 Å². The first kappa shape index (κ1) is 20.3. The van der Waals surface area contributed by atoms with Crippen LogP contribution in [-0.4, -0.2) is 32.0 Å². The molecule has 8 nitrogen and oxygen atoms in total. The number of fused-ring (bicyclic) bond motifs is 1. The molecule has 0 radical (unpaired) electrons. The van der Waals surface area contributed by atoms with Gasteiger partial charge in [-0.05, 0) is 24.6 Å². The fourth-order valence-corrected chi connectivity index (χ4v) is 4.05. The molecule has 0 spiro atoms. The number of primary sulfonamides is 1. The number of amides is 1. The number of sulfonamides is 1. The maximum Gasteiger partial charge on any atom is 0.307 e. The summed E-state index contributed by atoms with van der Waals surface area (Å²) in [6, 6.07) is 4.43. The summed E-state index contributed by atoms with van der Waals surface area (Å²) in [6.07, 6.45) is 2.07. The Kier molecular flexibility index (Phi) is 6.68. The summed E-state index contributed by atoms with van der Waals surface area (Å²) in [7, 11) is -2.53. The Bertz CT molecular complexity index is 989. The average molecular weight is 399 g/mol. The number of carbonyl (C=O) groups is 2. The molecule has 1 heterocycles. The third-order valence-corrected chi connectivity index (χ3v) is 5.67. The fourth-order valence-electron chi connectivity index (χ4n) is 2.33. The predicted octanol–water partition coefficient (Wildman–Crippen LogP) is 1.53. The number of aryl methyl sites for hydroxylation is 1. The first-order valence-electron chi connectivity index (χ1n) is 8.06. The van der Waals surface area contributed by atoms with Gasteiger partial charge in [-0.25, -0.2) is 13.6 Å². The number of methoxy groups -OCH3 is 1. The van der Waals surface area contributed by atoms with E-state index < -0.39 is 10.0 Å². The molecule has 2 N–H and O–H groups in total. The molecule has 1 aromatic heterocycles. The van der Waals surface area contributed by atoms with Gasteiger partial charge in [0, 0.05) is 13.0 Å². The lowest BCUT2D eigenvalue weighted by molar-refractivity contribution is -0.140. The highest BCUT2D eigenvalue weighted by Gasteiger charge is 2.14. The summed E-state index contributed by atoms with van der Waals surface area (Å²) in [5.74, 6) is -0.641. The predicted molar refractivity (Wildman–Crippen MR) is 97.9 cm³/mol. The van der Waals surface area contributed by atoms with Crippen molar-refractivity contribution >= 4 is 43.5 Å². The van der Waals surface area contributed by atoms with Crippen LogP contribution < -0.4 is 9.94 Å². The third kappa shape index (κ3) is 4.99. The van der Waals surface area contributed by atoms with Crippen molar-refractivity contribution in [3.05, 3.63) is 23.0 Å². The van der Waals surface area contributed by atoms with Crippen LogP contribution in [0.15, 0.2) is 28.1 Å². The van der Waals surface area contributed by atoms with E-state index in [4.69, 9.17) is 5.14 Å². The minimum absolute atomic E-state index is 0.0183. The van der Waals surface area contributed by atoms with E-state index >= 15 is 0 Å². The Morgan fingerprint density at radius 3 is 2.65 bits per heavy atom. The SMILES string of the molecule is CCCCC(=O)N=c1sc2cc(S(N)(=O)=O)ccc2n1CCC(=O)OC. The number of esters is 1. The summed E-state index contributed by atoms with van der Waals surface area (Å²) < 4.78 is 30.1. The zero-order valence-electron chi connectivity index (χ0n) is 14.6. The van der Waals surface area contributed by atoms with Gasteiger partial charge in [-0.3, -0.25) is 9.59 Å². The van der Waals surface area contributed by atoms with Crippen molar-refractivity contribution in [2.75, 3.05) is 7.11 Å². The van der Waals surface area contributed by atoms with Gasteiger partial charge in [-0.15, -0.1) is 0 Å². The number of unbranched alkanes of at least 4 members (excludes halogenated alkanes) is 1. The summed E-state index contributed by atoms with van der Waals surface area (Å²) in [5, 5.41) is 5.18. The van der Waals surface area contributed by atoms with Crippen LogP contribution in [-0.2, 0) is 30.9 Å². The Morgan fingerprint density at radius 2 is 2.04 bits per heavy atom. The number of thiazole rings is 1. The Labute approximate surface area is 155 Å². The molecule has 0 atom stereocenters. The topological polar surface area (TPSA) is 121 Å². The van der Waals surface area contributed by atoms with Crippen LogP contribution in [0.5, 0.6) is 0 Å².